The van der Waals surface area contributed by atoms with Crippen molar-refractivity contribution in [1.82, 2.24) is 0 Å². The second kappa shape index (κ2) is 4.91. The first-order valence-corrected chi connectivity index (χ1v) is 8.05. The molecule has 1 heterocycles. The zero-order valence-corrected chi connectivity index (χ0v) is 12.6. The number of benzene rings is 1. The van der Waals surface area contributed by atoms with Gasteiger partial charge < -0.3 is 15.7 Å². The van der Waals surface area contributed by atoms with Gasteiger partial charge >= 0.3 is 0 Å². The molecule has 1 fully saturated rings. The monoisotopic (exact) mass is 299 g/mol. The fraction of sp³-hybridized carbons (Fsp3) is 0.538. The Bertz CT molecular complexity index is 626. The Labute approximate surface area is 119 Å². The predicted octanol–water partition coefficient (Wildman–Crippen LogP) is 0.576. The van der Waals surface area contributed by atoms with Crippen LogP contribution in [0.3, 0.4) is 0 Å². The second-order valence-corrected chi connectivity index (χ2v) is 7.26. The molecule has 0 radical (unpaired) electrons. The number of anilines is 2. The Morgan fingerprint density at radius 3 is 2.60 bits per heavy atom. The van der Waals surface area contributed by atoms with Crippen LogP contribution in [0, 0.1) is 6.92 Å². The topological polar surface area (TPSA) is 110 Å². The van der Waals surface area contributed by atoms with Gasteiger partial charge in [-0.1, -0.05) is 0 Å². The van der Waals surface area contributed by atoms with E-state index in [0.29, 0.717) is 23.5 Å². The number of β-amino-alcohol motifs (C(OH)–C–C–N with tert-alkyl or cyclic N) is 1. The number of aliphatic hydroxyl groups is 1. The van der Waals surface area contributed by atoms with Crippen molar-refractivity contribution >= 4 is 21.4 Å². The van der Waals surface area contributed by atoms with E-state index in [0.717, 1.165) is 19.4 Å². The highest BCUT2D eigenvalue weighted by atomic mass is 32.2. The summed E-state index contributed by atoms with van der Waals surface area (Å²) in [6.07, 6.45) is 1.57. The van der Waals surface area contributed by atoms with E-state index in [-0.39, 0.29) is 4.90 Å². The van der Waals surface area contributed by atoms with E-state index in [9.17, 15) is 13.5 Å². The van der Waals surface area contributed by atoms with Gasteiger partial charge in [-0.15, -0.1) is 0 Å². The van der Waals surface area contributed by atoms with Crippen LogP contribution in [0.15, 0.2) is 17.0 Å². The minimum Gasteiger partial charge on any atom is -0.399 e. The highest BCUT2D eigenvalue weighted by molar-refractivity contribution is 7.89. The molecule has 1 unspecified atom stereocenters. The van der Waals surface area contributed by atoms with Gasteiger partial charge in [0.25, 0.3) is 0 Å². The van der Waals surface area contributed by atoms with Gasteiger partial charge in [0.05, 0.1) is 10.5 Å². The van der Waals surface area contributed by atoms with E-state index in [1.165, 1.54) is 6.07 Å². The van der Waals surface area contributed by atoms with Gasteiger partial charge in [0.1, 0.15) is 0 Å². The van der Waals surface area contributed by atoms with Crippen LogP contribution >= 0.6 is 0 Å². The molecule has 1 aromatic carbocycles. The maximum absolute atomic E-state index is 11.6. The van der Waals surface area contributed by atoms with E-state index in [2.05, 4.69) is 0 Å². The summed E-state index contributed by atoms with van der Waals surface area (Å²) in [6, 6.07) is 3.10. The molecule has 20 heavy (non-hydrogen) atoms. The van der Waals surface area contributed by atoms with Crippen molar-refractivity contribution in [2.75, 3.05) is 23.7 Å². The maximum Gasteiger partial charge on any atom is 0.238 e. The fourth-order valence-corrected chi connectivity index (χ4v) is 3.57. The Morgan fingerprint density at radius 1 is 1.40 bits per heavy atom. The first-order valence-electron chi connectivity index (χ1n) is 6.50. The van der Waals surface area contributed by atoms with Gasteiger partial charge in [0.15, 0.2) is 0 Å². The van der Waals surface area contributed by atoms with Crippen molar-refractivity contribution in [3.05, 3.63) is 17.7 Å². The number of nitrogens with two attached hydrogens (primary N) is 2. The molecule has 0 aromatic heterocycles. The molecule has 1 atom stereocenters. The molecule has 1 aromatic rings. The Kier molecular flexibility index (Phi) is 3.70. The molecular formula is C13H21N3O3S. The number of hydrogen-bond acceptors (Lipinski definition) is 5. The van der Waals surface area contributed by atoms with Crippen LogP contribution in [0.4, 0.5) is 11.4 Å². The molecule has 2 rings (SSSR count). The van der Waals surface area contributed by atoms with E-state index >= 15 is 0 Å². The standard InChI is InChI=1S/C13H21N3O3S/c1-9-11(16-5-3-4-13(2,17)8-16)6-10(14)7-12(9)20(15,18)19/h6-7,17H,3-5,8,14H2,1-2H3,(H2,15,18,19). The number of primary sulfonamides is 1. The van der Waals surface area contributed by atoms with Crippen LogP contribution in [0.1, 0.15) is 25.3 Å². The third-order valence-electron chi connectivity index (χ3n) is 3.68. The van der Waals surface area contributed by atoms with Gasteiger partial charge in [0, 0.05) is 24.5 Å². The molecule has 6 nitrogen and oxygen atoms in total. The van der Waals surface area contributed by atoms with Crippen LogP contribution in [0.2, 0.25) is 0 Å². The summed E-state index contributed by atoms with van der Waals surface area (Å²) in [6.45, 7) is 4.69. The summed E-state index contributed by atoms with van der Waals surface area (Å²) in [5, 5.41) is 15.4. The summed E-state index contributed by atoms with van der Waals surface area (Å²) in [7, 11) is -3.82. The van der Waals surface area contributed by atoms with Gasteiger partial charge in [-0.3, -0.25) is 0 Å². The van der Waals surface area contributed by atoms with Crippen LogP contribution < -0.4 is 15.8 Å². The number of nitrogens with zero attached hydrogens (tertiary/aromatic N) is 1. The molecular weight excluding hydrogens is 278 g/mol. The minimum absolute atomic E-state index is 0.0396. The third-order valence-corrected chi connectivity index (χ3v) is 4.71. The lowest BCUT2D eigenvalue weighted by atomic mass is 9.94. The Morgan fingerprint density at radius 2 is 2.05 bits per heavy atom. The molecule has 7 heteroatoms. The van der Waals surface area contributed by atoms with Crippen LogP contribution in [0.25, 0.3) is 0 Å². The normalized spacial score (nSPS) is 23.9. The quantitative estimate of drug-likeness (QED) is 0.692. The summed E-state index contributed by atoms with van der Waals surface area (Å²) in [5.41, 5.74) is 6.64. The van der Waals surface area contributed by atoms with E-state index < -0.39 is 15.6 Å². The molecule has 1 aliphatic heterocycles. The SMILES string of the molecule is Cc1c(N2CCCC(C)(O)C2)cc(N)cc1S(N)(=O)=O. The fourth-order valence-electron chi connectivity index (χ4n) is 2.74. The van der Waals surface area contributed by atoms with Crippen molar-refractivity contribution in [2.45, 2.75) is 37.2 Å². The van der Waals surface area contributed by atoms with Crippen LogP contribution in [-0.4, -0.2) is 32.2 Å². The molecule has 0 amide bonds. The predicted molar refractivity (Wildman–Crippen MR) is 79.0 cm³/mol. The van der Waals surface area contributed by atoms with Crippen molar-refractivity contribution in [3.8, 4) is 0 Å². The van der Waals surface area contributed by atoms with Crippen molar-refractivity contribution in [1.29, 1.82) is 0 Å². The average molecular weight is 299 g/mol. The number of rotatable bonds is 2. The van der Waals surface area contributed by atoms with Crippen molar-refractivity contribution in [3.63, 3.8) is 0 Å². The molecule has 0 saturated carbocycles. The zero-order valence-electron chi connectivity index (χ0n) is 11.8. The summed E-state index contributed by atoms with van der Waals surface area (Å²) >= 11 is 0. The van der Waals surface area contributed by atoms with Gasteiger partial charge in [-0.2, -0.15) is 0 Å². The molecule has 0 bridgehead atoms. The summed E-state index contributed by atoms with van der Waals surface area (Å²) in [5.74, 6) is 0. The highest BCUT2D eigenvalue weighted by Crippen LogP contribution is 2.32. The van der Waals surface area contributed by atoms with Gasteiger partial charge in [-0.05, 0) is 44.4 Å². The van der Waals surface area contributed by atoms with Gasteiger partial charge in [0.2, 0.25) is 10.0 Å². The smallest absolute Gasteiger partial charge is 0.238 e. The second-order valence-electron chi connectivity index (χ2n) is 5.73. The zero-order chi connectivity index (χ0) is 15.1. The average Bonchev–Trinajstić information content (AvgIpc) is 2.29. The van der Waals surface area contributed by atoms with E-state index in [1.807, 2.05) is 4.90 Å². The lowest BCUT2D eigenvalue weighted by Crippen LogP contribution is -2.46. The molecule has 1 aliphatic rings. The van der Waals surface area contributed by atoms with E-state index in [4.69, 9.17) is 10.9 Å². The Balaban J connectivity index is 2.50. The molecule has 5 N–H and O–H groups in total. The van der Waals surface area contributed by atoms with Crippen LogP contribution in [-0.2, 0) is 10.0 Å². The highest BCUT2D eigenvalue weighted by Gasteiger charge is 2.30. The minimum atomic E-state index is -3.82. The number of nitrogen functional groups attached to an aromatic ring is 1. The number of sulfonamides is 1. The Hall–Kier alpha value is -1.31. The lowest BCUT2D eigenvalue weighted by Gasteiger charge is -2.39. The number of piperidine rings is 1. The molecule has 112 valence electrons. The van der Waals surface area contributed by atoms with Crippen molar-refractivity contribution in [2.24, 2.45) is 5.14 Å². The molecule has 0 spiro atoms. The third kappa shape index (κ3) is 3.05. The first-order chi connectivity index (χ1) is 9.10. The number of hydrogen-bond donors (Lipinski definition) is 3. The first kappa shape index (κ1) is 15.1. The maximum atomic E-state index is 11.6. The summed E-state index contributed by atoms with van der Waals surface area (Å²) in [4.78, 5) is 2.00. The largest absolute Gasteiger partial charge is 0.399 e. The lowest BCUT2D eigenvalue weighted by molar-refractivity contribution is 0.0449. The molecule has 0 aliphatic carbocycles. The van der Waals surface area contributed by atoms with Crippen molar-refractivity contribution < 1.29 is 13.5 Å². The van der Waals surface area contributed by atoms with Crippen LogP contribution in [0.5, 0.6) is 0 Å². The molecule has 1 saturated heterocycles. The van der Waals surface area contributed by atoms with Gasteiger partial charge in [-0.25, -0.2) is 13.6 Å². The van der Waals surface area contributed by atoms with E-state index in [1.54, 1.807) is 19.9 Å². The summed E-state index contributed by atoms with van der Waals surface area (Å²) < 4.78 is 23.2.